The van der Waals surface area contributed by atoms with Gasteiger partial charge in [-0.25, -0.2) is 0 Å². The number of hydrogen-bond donors (Lipinski definition) is 0. The van der Waals surface area contributed by atoms with Gasteiger partial charge in [-0.2, -0.15) is 0 Å². The first-order valence-corrected chi connectivity index (χ1v) is 13.5. The van der Waals surface area contributed by atoms with E-state index in [2.05, 4.69) is 155 Å². The van der Waals surface area contributed by atoms with E-state index in [1.165, 1.54) is 21.5 Å². The number of benzene rings is 6. The van der Waals surface area contributed by atoms with Crippen molar-refractivity contribution in [3.05, 3.63) is 144 Å². The van der Waals surface area contributed by atoms with E-state index in [0.717, 1.165) is 49.4 Å². The molecule has 0 aliphatic carbocycles. The van der Waals surface area contributed by atoms with Gasteiger partial charge in [-0.3, -0.25) is 0 Å². The van der Waals surface area contributed by atoms with Gasteiger partial charge in [0.05, 0.1) is 0 Å². The Morgan fingerprint density at radius 3 is 1.59 bits per heavy atom. The van der Waals surface area contributed by atoms with Gasteiger partial charge in [0.25, 0.3) is 0 Å². The third-order valence-corrected chi connectivity index (χ3v) is 7.68. The number of rotatable bonds is 4. The van der Waals surface area contributed by atoms with Gasteiger partial charge < -0.3 is 4.42 Å². The summed E-state index contributed by atoms with van der Waals surface area (Å²) in [4.78, 5) is 0. The molecule has 0 aliphatic heterocycles. The van der Waals surface area contributed by atoms with Gasteiger partial charge in [0, 0.05) is 45.3 Å². The number of furan rings is 1. The molecule has 0 saturated heterocycles. The SMILES string of the molecule is Brc1ccc(-c2oc(-c3cc4ccccc4c4ccccc34)c(-c3ccccc3)c2-c2ccccc2)cc1.[V]. The Morgan fingerprint density at radius 2 is 0.949 bits per heavy atom. The second-order valence-electron chi connectivity index (χ2n) is 9.44. The van der Waals surface area contributed by atoms with E-state index in [-0.39, 0.29) is 18.6 Å². The molecule has 0 saturated carbocycles. The molecule has 6 aromatic carbocycles. The maximum Gasteiger partial charge on any atom is 0.143 e. The summed E-state index contributed by atoms with van der Waals surface area (Å²) in [6.45, 7) is 0. The predicted octanol–water partition coefficient (Wildman–Crippen LogP) is 11.0. The van der Waals surface area contributed by atoms with Crippen molar-refractivity contribution in [1.29, 1.82) is 0 Å². The summed E-state index contributed by atoms with van der Waals surface area (Å²) in [5.41, 5.74) is 6.61. The molecular weight excluding hydrogens is 579 g/mol. The normalized spacial score (nSPS) is 11.0. The summed E-state index contributed by atoms with van der Waals surface area (Å²) < 4.78 is 8.05. The van der Waals surface area contributed by atoms with E-state index in [4.69, 9.17) is 4.42 Å². The van der Waals surface area contributed by atoms with E-state index in [9.17, 15) is 0 Å². The molecule has 0 amide bonds. The monoisotopic (exact) mass is 601 g/mol. The van der Waals surface area contributed by atoms with Gasteiger partial charge in [-0.15, -0.1) is 0 Å². The molecule has 0 spiro atoms. The Labute approximate surface area is 248 Å². The molecule has 7 rings (SSSR count). The summed E-state index contributed by atoms with van der Waals surface area (Å²) in [5, 5.41) is 4.85. The maximum absolute atomic E-state index is 7.01. The quantitative estimate of drug-likeness (QED) is 0.183. The Morgan fingerprint density at radius 1 is 0.436 bits per heavy atom. The summed E-state index contributed by atoms with van der Waals surface area (Å²) in [7, 11) is 0. The predicted molar refractivity (Wildman–Crippen MR) is 163 cm³/mol. The maximum atomic E-state index is 7.01. The van der Waals surface area contributed by atoms with Gasteiger partial charge in [0.1, 0.15) is 11.5 Å². The van der Waals surface area contributed by atoms with Crippen LogP contribution in [-0.4, -0.2) is 0 Å². The van der Waals surface area contributed by atoms with Gasteiger partial charge in [0.15, 0.2) is 0 Å². The summed E-state index contributed by atoms with van der Waals surface area (Å²) in [6.07, 6.45) is 0. The minimum absolute atomic E-state index is 0. The van der Waals surface area contributed by atoms with Crippen molar-refractivity contribution in [3.63, 3.8) is 0 Å². The fourth-order valence-corrected chi connectivity index (χ4v) is 5.69. The number of hydrogen-bond acceptors (Lipinski definition) is 1. The van der Waals surface area contributed by atoms with E-state index in [1.54, 1.807) is 0 Å². The molecule has 39 heavy (non-hydrogen) atoms. The van der Waals surface area contributed by atoms with Crippen molar-refractivity contribution in [3.8, 4) is 44.9 Å². The van der Waals surface area contributed by atoms with Gasteiger partial charge in [-0.05, 0) is 50.9 Å². The second kappa shape index (κ2) is 10.7. The summed E-state index contributed by atoms with van der Waals surface area (Å²) >= 11 is 3.59. The van der Waals surface area contributed by atoms with Crippen LogP contribution in [0.2, 0.25) is 0 Å². The molecular formula is C36H23BrOV. The molecule has 0 unspecified atom stereocenters. The van der Waals surface area contributed by atoms with Gasteiger partial charge >= 0.3 is 0 Å². The Hall–Kier alpha value is -3.82. The second-order valence-corrected chi connectivity index (χ2v) is 10.4. The van der Waals surface area contributed by atoms with E-state index in [1.807, 2.05) is 0 Å². The fraction of sp³-hybridized carbons (Fsp3) is 0. The molecule has 1 aromatic heterocycles. The van der Waals surface area contributed by atoms with Crippen molar-refractivity contribution in [2.24, 2.45) is 0 Å². The minimum atomic E-state index is 0. The molecule has 3 heteroatoms. The molecule has 0 N–H and O–H groups in total. The third-order valence-electron chi connectivity index (χ3n) is 7.15. The van der Waals surface area contributed by atoms with Gasteiger partial charge in [0.2, 0.25) is 0 Å². The van der Waals surface area contributed by atoms with Crippen molar-refractivity contribution in [2.45, 2.75) is 0 Å². The van der Waals surface area contributed by atoms with Crippen LogP contribution < -0.4 is 0 Å². The van der Waals surface area contributed by atoms with Crippen LogP contribution in [0, 0.1) is 0 Å². The molecule has 1 heterocycles. The van der Waals surface area contributed by atoms with E-state index in [0.29, 0.717) is 0 Å². The van der Waals surface area contributed by atoms with Crippen LogP contribution in [0.5, 0.6) is 0 Å². The number of fused-ring (bicyclic) bond motifs is 3. The zero-order chi connectivity index (χ0) is 25.5. The standard InChI is InChI=1S/C36H23BrO.V/c37-28-21-19-26(20-22-28)35-33(24-11-3-1-4-12-24)34(25-13-5-2-6-14-25)36(38-35)32-23-27-15-7-8-16-29(27)30-17-9-10-18-31(30)32;/h1-23H;. The van der Waals surface area contributed by atoms with Crippen molar-refractivity contribution in [1.82, 2.24) is 0 Å². The van der Waals surface area contributed by atoms with Gasteiger partial charge in [-0.1, -0.05) is 137 Å². The zero-order valence-electron chi connectivity index (χ0n) is 21.0. The van der Waals surface area contributed by atoms with Crippen LogP contribution in [0.15, 0.2) is 148 Å². The summed E-state index contributed by atoms with van der Waals surface area (Å²) in [6, 6.07) is 49.1. The average Bonchev–Trinajstić information content (AvgIpc) is 3.38. The Bertz CT molecular complexity index is 1910. The largest absolute Gasteiger partial charge is 0.455 e. The van der Waals surface area contributed by atoms with Crippen molar-refractivity contribution < 1.29 is 23.0 Å². The smallest absolute Gasteiger partial charge is 0.143 e. The first-order chi connectivity index (χ1) is 18.8. The fourth-order valence-electron chi connectivity index (χ4n) is 5.43. The molecule has 1 radical (unpaired) electrons. The Kier molecular flexibility index (Phi) is 7.02. The van der Waals surface area contributed by atoms with E-state index < -0.39 is 0 Å². The van der Waals surface area contributed by atoms with Crippen LogP contribution in [-0.2, 0) is 18.6 Å². The van der Waals surface area contributed by atoms with Crippen molar-refractivity contribution >= 4 is 37.5 Å². The first-order valence-electron chi connectivity index (χ1n) is 12.7. The molecule has 7 aromatic rings. The van der Waals surface area contributed by atoms with Crippen LogP contribution in [0.3, 0.4) is 0 Å². The van der Waals surface area contributed by atoms with Crippen molar-refractivity contribution in [2.75, 3.05) is 0 Å². The minimum Gasteiger partial charge on any atom is -0.455 e. The molecule has 0 aliphatic rings. The first kappa shape index (κ1) is 25.5. The molecule has 0 bridgehead atoms. The molecule has 185 valence electrons. The summed E-state index contributed by atoms with van der Waals surface area (Å²) in [5.74, 6) is 1.75. The molecule has 0 fully saturated rings. The topological polar surface area (TPSA) is 13.1 Å². The number of halogens is 1. The van der Waals surface area contributed by atoms with Crippen LogP contribution in [0.25, 0.3) is 66.4 Å². The van der Waals surface area contributed by atoms with E-state index >= 15 is 0 Å². The van der Waals surface area contributed by atoms with Crippen LogP contribution in [0.1, 0.15) is 0 Å². The average molecular weight is 602 g/mol. The third kappa shape index (κ3) is 4.55. The van der Waals surface area contributed by atoms with Crippen LogP contribution >= 0.6 is 15.9 Å². The zero-order valence-corrected chi connectivity index (χ0v) is 24.0. The molecule has 0 atom stereocenters. The van der Waals surface area contributed by atoms with Crippen LogP contribution in [0.4, 0.5) is 0 Å². The molecule has 1 nitrogen and oxygen atoms in total. The Balaban J connectivity index is 0.00000277.